The average molecular weight is 266 g/mol. The van der Waals surface area contributed by atoms with E-state index in [-0.39, 0.29) is 5.69 Å². The molecule has 0 fully saturated rings. The fourth-order valence-electron chi connectivity index (χ4n) is 2.00. The number of carboxylic acids is 1. The van der Waals surface area contributed by atoms with Crippen molar-refractivity contribution in [2.45, 2.75) is 39.2 Å². The standard InChI is InChI=1S/C13H18N2O4/c1-4-13(5-2,12(16)17)14-10-6-7-11(15(18)19)9(3)8-10/h6-8,14H,4-5H2,1-3H3,(H,16,17). The van der Waals surface area contributed by atoms with Crippen LogP contribution >= 0.6 is 0 Å². The van der Waals surface area contributed by atoms with E-state index in [9.17, 15) is 20.0 Å². The second-order valence-electron chi connectivity index (χ2n) is 4.48. The predicted octanol–water partition coefficient (Wildman–Crippen LogP) is 2.96. The molecular weight excluding hydrogens is 248 g/mol. The molecule has 0 radical (unpaired) electrons. The summed E-state index contributed by atoms with van der Waals surface area (Å²) in [5, 5.41) is 23.0. The van der Waals surface area contributed by atoms with Gasteiger partial charge in [0, 0.05) is 17.3 Å². The number of hydrogen-bond donors (Lipinski definition) is 2. The van der Waals surface area contributed by atoms with Gasteiger partial charge in [-0.3, -0.25) is 10.1 Å². The van der Waals surface area contributed by atoms with Gasteiger partial charge in [-0.15, -0.1) is 0 Å². The van der Waals surface area contributed by atoms with Crippen LogP contribution in [0.15, 0.2) is 18.2 Å². The highest BCUT2D eigenvalue weighted by molar-refractivity contribution is 5.82. The van der Waals surface area contributed by atoms with Crippen LogP contribution in [0, 0.1) is 17.0 Å². The maximum absolute atomic E-state index is 11.4. The van der Waals surface area contributed by atoms with Crippen LogP contribution in [0.2, 0.25) is 0 Å². The maximum atomic E-state index is 11.4. The molecule has 0 atom stereocenters. The molecular formula is C13H18N2O4. The van der Waals surface area contributed by atoms with Gasteiger partial charge in [-0.1, -0.05) is 13.8 Å². The van der Waals surface area contributed by atoms with E-state index in [1.54, 1.807) is 26.8 Å². The molecule has 0 heterocycles. The lowest BCUT2D eigenvalue weighted by molar-refractivity contribution is -0.385. The van der Waals surface area contributed by atoms with Crippen LogP contribution in [0.5, 0.6) is 0 Å². The van der Waals surface area contributed by atoms with Gasteiger partial charge in [0.15, 0.2) is 0 Å². The third-order valence-corrected chi connectivity index (χ3v) is 3.39. The predicted molar refractivity (Wildman–Crippen MR) is 72.4 cm³/mol. The highest BCUT2D eigenvalue weighted by Gasteiger charge is 2.34. The van der Waals surface area contributed by atoms with Crippen molar-refractivity contribution in [2.75, 3.05) is 5.32 Å². The molecule has 0 spiro atoms. The molecule has 0 aromatic heterocycles. The van der Waals surface area contributed by atoms with Gasteiger partial charge in [-0.05, 0) is 31.9 Å². The first-order valence-electron chi connectivity index (χ1n) is 6.13. The van der Waals surface area contributed by atoms with E-state index >= 15 is 0 Å². The molecule has 6 nitrogen and oxygen atoms in total. The van der Waals surface area contributed by atoms with Crippen LogP contribution in [0.3, 0.4) is 0 Å². The van der Waals surface area contributed by atoms with E-state index in [1.165, 1.54) is 12.1 Å². The Morgan fingerprint density at radius 1 is 1.42 bits per heavy atom. The van der Waals surface area contributed by atoms with Crippen molar-refractivity contribution in [3.8, 4) is 0 Å². The zero-order valence-corrected chi connectivity index (χ0v) is 11.3. The Hall–Kier alpha value is -2.11. The Balaban J connectivity index is 3.08. The van der Waals surface area contributed by atoms with E-state index in [4.69, 9.17) is 0 Å². The van der Waals surface area contributed by atoms with Gasteiger partial charge in [0.05, 0.1) is 4.92 Å². The van der Waals surface area contributed by atoms with Crippen molar-refractivity contribution in [3.05, 3.63) is 33.9 Å². The number of nitrogens with zero attached hydrogens (tertiary/aromatic N) is 1. The number of benzene rings is 1. The SMILES string of the molecule is CCC(CC)(Nc1ccc([N+](=O)[O-])c(C)c1)C(=O)O. The summed E-state index contributed by atoms with van der Waals surface area (Å²) in [6.45, 7) is 5.22. The molecule has 104 valence electrons. The van der Waals surface area contributed by atoms with Crippen LogP contribution in [-0.2, 0) is 4.79 Å². The van der Waals surface area contributed by atoms with Gasteiger partial charge in [-0.2, -0.15) is 0 Å². The van der Waals surface area contributed by atoms with Crippen molar-refractivity contribution in [1.29, 1.82) is 0 Å². The molecule has 0 aliphatic carbocycles. The number of aliphatic carboxylic acids is 1. The summed E-state index contributed by atoms with van der Waals surface area (Å²) in [4.78, 5) is 21.7. The Morgan fingerprint density at radius 3 is 2.37 bits per heavy atom. The quantitative estimate of drug-likeness (QED) is 0.610. The zero-order valence-electron chi connectivity index (χ0n) is 11.3. The number of nitro benzene ring substituents is 1. The van der Waals surface area contributed by atoms with Gasteiger partial charge >= 0.3 is 5.97 Å². The molecule has 0 aliphatic rings. The Morgan fingerprint density at radius 2 is 2.00 bits per heavy atom. The van der Waals surface area contributed by atoms with Gasteiger partial charge in [0.1, 0.15) is 5.54 Å². The molecule has 0 amide bonds. The third kappa shape index (κ3) is 3.01. The van der Waals surface area contributed by atoms with Crippen molar-refractivity contribution in [2.24, 2.45) is 0 Å². The number of carbonyl (C=O) groups is 1. The van der Waals surface area contributed by atoms with Gasteiger partial charge in [0.25, 0.3) is 5.69 Å². The van der Waals surface area contributed by atoms with Crippen LogP contribution in [0.4, 0.5) is 11.4 Å². The molecule has 1 rings (SSSR count). The summed E-state index contributed by atoms with van der Waals surface area (Å²) in [6, 6.07) is 4.52. The highest BCUT2D eigenvalue weighted by Crippen LogP contribution is 2.26. The van der Waals surface area contributed by atoms with Crippen molar-refractivity contribution >= 4 is 17.3 Å². The fraction of sp³-hybridized carbons (Fsp3) is 0.462. The first kappa shape index (κ1) is 14.9. The van der Waals surface area contributed by atoms with Crippen molar-refractivity contribution < 1.29 is 14.8 Å². The lowest BCUT2D eigenvalue weighted by Crippen LogP contribution is -2.45. The first-order chi connectivity index (χ1) is 8.86. The van der Waals surface area contributed by atoms with Crippen molar-refractivity contribution in [3.63, 3.8) is 0 Å². The summed E-state index contributed by atoms with van der Waals surface area (Å²) >= 11 is 0. The molecule has 0 saturated carbocycles. The molecule has 0 saturated heterocycles. The van der Waals surface area contributed by atoms with Gasteiger partial charge in [-0.25, -0.2) is 4.79 Å². The first-order valence-corrected chi connectivity index (χ1v) is 6.13. The minimum absolute atomic E-state index is 0.0273. The monoisotopic (exact) mass is 266 g/mol. The van der Waals surface area contributed by atoms with Crippen molar-refractivity contribution in [1.82, 2.24) is 0 Å². The van der Waals surface area contributed by atoms with E-state index < -0.39 is 16.4 Å². The Bertz CT molecular complexity index is 495. The Kier molecular flexibility index (Phi) is 4.47. The number of carboxylic acid groups (broad SMARTS) is 1. The number of nitrogens with one attached hydrogen (secondary N) is 1. The molecule has 0 bridgehead atoms. The number of aryl methyl sites for hydroxylation is 1. The molecule has 0 unspecified atom stereocenters. The van der Waals surface area contributed by atoms with Crippen LogP contribution in [0.1, 0.15) is 32.3 Å². The van der Waals surface area contributed by atoms with Crippen LogP contribution in [-0.4, -0.2) is 21.5 Å². The number of nitro groups is 1. The lowest BCUT2D eigenvalue weighted by Gasteiger charge is -2.29. The molecule has 0 aliphatic heterocycles. The molecule has 1 aromatic rings. The van der Waals surface area contributed by atoms with E-state index in [0.717, 1.165) is 0 Å². The number of anilines is 1. The normalized spacial score (nSPS) is 11.1. The highest BCUT2D eigenvalue weighted by atomic mass is 16.6. The number of rotatable bonds is 6. The second kappa shape index (κ2) is 5.69. The molecule has 19 heavy (non-hydrogen) atoms. The summed E-state index contributed by atoms with van der Waals surface area (Å²) in [7, 11) is 0. The van der Waals surface area contributed by atoms with Gasteiger partial charge < -0.3 is 10.4 Å². The smallest absolute Gasteiger partial charge is 0.329 e. The molecule has 6 heteroatoms. The van der Waals surface area contributed by atoms with Gasteiger partial charge in [0.2, 0.25) is 0 Å². The minimum Gasteiger partial charge on any atom is -0.480 e. The zero-order chi connectivity index (χ0) is 14.6. The number of hydrogen-bond acceptors (Lipinski definition) is 4. The summed E-state index contributed by atoms with van der Waals surface area (Å²) in [5.41, 5.74) is 0.0675. The summed E-state index contributed by atoms with van der Waals surface area (Å²) in [6.07, 6.45) is 0.851. The second-order valence-corrected chi connectivity index (χ2v) is 4.48. The third-order valence-electron chi connectivity index (χ3n) is 3.39. The lowest BCUT2D eigenvalue weighted by atomic mass is 9.92. The Labute approximate surface area is 111 Å². The topological polar surface area (TPSA) is 92.5 Å². The largest absolute Gasteiger partial charge is 0.480 e. The van der Waals surface area contributed by atoms with Crippen LogP contribution in [0.25, 0.3) is 0 Å². The van der Waals surface area contributed by atoms with E-state index in [2.05, 4.69) is 5.32 Å². The summed E-state index contributed by atoms with van der Waals surface area (Å²) < 4.78 is 0. The fourth-order valence-corrected chi connectivity index (χ4v) is 2.00. The van der Waals surface area contributed by atoms with E-state index in [0.29, 0.717) is 24.1 Å². The summed E-state index contributed by atoms with van der Waals surface area (Å²) in [5.74, 6) is -0.923. The minimum atomic E-state index is -1.04. The van der Waals surface area contributed by atoms with E-state index in [1.807, 2.05) is 0 Å². The molecule has 2 N–H and O–H groups in total. The van der Waals surface area contributed by atoms with Crippen LogP contribution < -0.4 is 5.32 Å². The molecule has 1 aromatic carbocycles. The average Bonchev–Trinajstić information content (AvgIpc) is 2.35. The maximum Gasteiger partial charge on any atom is 0.329 e.